The largest absolute Gasteiger partial charge is 0.373 e. The molecule has 2 N–H and O–H groups in total. The molecule has 0 saturated heterocycles. The van der Waals surface area contributed by atoms with Crippen LogP contribution in [0.5, 0.6) is 0 Å². The van der Waals surface area contributed by atoms with Crippen molar-refractivity contribution in [1.29, 1.82) is 5.26 Å². The number of aromatic nitrogens is 2. The summed E-state index contributed by atoms with van der Waals surface area (Å²) < 4.78 is 1.91. The van der Waals surface area contributed by atoms with Crippen LogP contribution in [0.25, 0.3) is 5.69 Å². The summed E-state index contributed by atoms with van der Waals surface area (Å²) >= 11 is 0. The highest BCUT2D eigenvalue weighted by Gasteiger charge is 2.38. The van der Waals surface area contributed by atoms with Crippen molar-refractivity contribution in [3.63, 3.8) is 0 Å². The van der Waals surface area contributed by atoms with Crippen molar-refractivity contribution in [3.05, 3.63) is 41.7 Å². The predicted octanol–water partition coefficient (Wildman–Crippen LogP) is 2.72. The summed E-state index contributed by atoms with van der Waals surface area (Å²) in [4.78, 5) is 12.2. The van der Waals surface area contributed by atoms with E-state index in [2.05, 4.69) is 41.7 Å². The van der Waals surface area contributed by atoms with Gasteiger partial charge in [-0.05, 0) is 44.2 Å². The molecule has 1 aliphatic rings. The number of carbonyl (C=O) groups excluding carboxylic acids is 1. The van der Waals surface area contributed by atoms with Gasteiger partial charge in [0.2, 0.25) is 5.91 Å². The Balaban J connectivity index is 1.71. The molecule has 2 aromatic rings. The molecule has 1 aliphatic carbocycles. The molecule has 6 heteroatoms. The van der Waals surface area contributed by atoms with Gasteiger partial charge in [0, 0.05) is 0 Å². The molecule has 1 aromatic heterocycles. The van der Waals surface area contributed by atoms with Gasteiger partial charge in [-0.15, -0.1) is 0 Å². The van der Waals surface area contributed by atoms with Crippen molar-refractivity contribution >= 4 is 11.6 Å². The molecule has 0 spiro atoms. The summed E-state index contributed by atoms with van der Waals surface area (Å²) in [5.74, 6) is -0.160. The van der Waals surface area contributed by atoms with Crippen LogP contribution in [-0.2, 0) is 11.2 Å². The van der Waals surface area contributed by atoms with E-state index in [1.54, 1.807) is 6.20 Å². The van der Waals surface area contributed by atoms with E-state index in [-0.39, 0.29) is 12.5 Å². The Morgan fingerprint density at radius 1 is 1.40 bits per heavy atom. The van der Waals surface area contributed by atoms with Crippen molar-refractivity contribution < 1.29 is 4.79 Å². The summed E-state index contributed by atoms with van der Waals surface area (Å²) in [6.45, 7) is 4.25. The highest BCUT2D eigenvalue weighted by Crippen LogP contribution is 2.30. The molecule has 0 atom stereocenters. The predicted molar refractivity (Wildman–Crippen MR) is 96.5 cm³/mol. The zero-order chi connectivity index (χ0) is 17.9. The fourth-order valence-electron chi connectivity index (χ4n) is 3.15. The van der Waals surface area contributed by atoms with E-state index in [1.807, 2.05) is 22.9 Å². The van der Waals surface area contributed by atoms with Crippen molar-refractivity contribution in [2.24, 2.45) is 0 Å². The lowest BCUT2D eigenvalue weighted by Crippen LogP contribution is -2.53. The number of nitrogens with one attached hydrogen (secondary N) is 2. The third-order valence-corrected chi connectivity index (χ3v) is 4.79. The van der Waals surface area contributed by atoms with E-state index in [0.717, 1.165) is 48.3 Å². The van der Waals surface area contributed by atoms with Gasteiger partial charge in [0.15, 0.2) is 0 Å². The standard InChI is InChI=1S/C19H23N5O/c1-3-16-15(11-22-24(16)17-8-5-4-7-14(17)2)21-12-18(25)23-19(13-20)9-6-10-19/h4-5,7-8,11,21H,3,6,9-10,12H2,1-2H3,(H,23,25). The SMILES string of the molecule is CCc1c(NCC(=O)NC2(C#N)CCC2)cnn1-c1ccccc1C. The normalized spacial score (nSPS) is 15.1. The zero-order valence-corrected chi connectivity index (χ0v) is 14.7. The average molecular weight is 337 g/mol. The van der Waals surface area contributed by atoms with Gasteiger partial charge >= 0.3 is 0 Å². The Hall–Kier alpha value is -2.81. The number of para-hydroxylation sites is 1. The summed E-state index contributed by atoms with van der Waals surface area (Å²) in [5, 5.41) is 19.7. The Morgan fingerprint density at radius 3 is 2.76 bits per heavy atom. The van der Waals surface area contributed by atoms with Crippen molar-refractivity contribution in [2.45, 2.75) is 45.1 Å². The number of hydrogen-bond acceptors (Lipinski definition) is 4. The summed E-state index contributed by atoms with van der Waals surface area (Å²) in [6.07, 6.45) is 5.01. The first-order valence-electron chi connectivity index (χ1n) is 8.67. The third-order valence-electron chi connectivity index (χ3n) is 4.79. The van der Waals surface area contributed by atoms with Gasteiger partial charge in [0.05, 0.1) is 35.9 Å². The highest BCUT2D eigenvalue weighted by molar-refractivity contribution is 5.82. The van der Waals surface area contributed by atoms with E-state index in [1.165, 1.54) is 0 Å². The number of anilines is 1. The molecule has 6 nitrogen and oxygen atoms in total. The van der Waals surface area contributed by atoms with E-state index < -0.39 is 5.54 Å². The maximum absolute atomic E-state index is 12.2. The Bertz CT molecular complexity index is 813. The highest BCUT2D eigenvalue weighted by atomic mass is 16.2. The van der Waals surface area contributed by atoms with E-state index >= 15 is 0 Å². The first-order chi connectivity index (χ1) is 12.1. The Morgan fingerprint density at radius 2 is 2.16 bits per heavy atom. The zero-order valence-electron chi connectivity index (χ0n) is 14.7. The van der Waals surface area contributed by atoms with Crippen LogP contribution < -0.4 is 10.6 Å². The second kappa shape index (κ2) is 6.98. The Kier molecular flexibility index (Phi) is 4.75. The number of nitrogens with zero attached hydrogens (tertiary/aromatic N) is 3. The van der Waals surface area contributed by atoms with Gasteiger partial charge in [0.25, 0.3) is 0 Å². The lowest BCUT2D eigenvalue weighted by Gasteiger charge is -2.35. The average Bonchev–Trinajstić information content (AvgIpc) is 2.99. The topological polar surface area (TPSA) is 82.7 Å². The van der Waals surface area contributed by atoms with Crippen LogP contribution in [0.1, 0.15) is 37.4 Å². The molecule has 0 unspecified atom stereocenters. The fourth-order valence-corrected chi connectivity index (χ4v) is 3.15. The first kappa shape index (κ1) is 17.0. The smallest absolute Gasteiger partial charge is 0.240 e. The molecule has 0 bridgehead atoms. The van der Waals surface area contributed by atoms with Gasteiger partial charge in [-0.3, -0.25) is 4.79 Å². The number of nitriles is 1. The number of benzene rings is 1. The van der Waals surface area contributed by atoms with E-state index in [4.69, 9.17) is 0 Å². The number of rotatable bonds is 6. The maximum atomic E-state index is 12.2. The molecule has 1 amide bonds. The lowest BCUT2D eigenvalue weighted by atomic mass is 9.78. The van der Waals surface area contributed by atoms with Crippen LogP contribution in [-0.4, -0.2) is 27.8 Å². The molecule has 1 heterocycles. The number of amides is 1. The van der Waals surface area contributed by atoms with Crippen molar-refractivity contribution in [3.8, 4) is 11.8 Å². The number of aryl methyl sites for hydroxylation is 1. The third kappa shape index (κ3) is 3.36. The minimum absolute atomic E-state index is 0.135. The van der Waals surface area contributed by atoms with Crippen LogP contribution in [0.3, 0.4) is 0 Å². The molecule has 130 valence electrons. The van der Waals surface area contributed by atoms with Gasteiger partial charge in [-0.25, -0.2) is 4.68 Å². The molecule has 25 heavy (non-hydrogen) atoms. The molecule has 1 saturated carbocycles. The molecular weight excluding hydrogens is 314 g/mol. The quantitative estimate of drug-likeness (QED) is 0.849. The second-order valence-corrected chi connectivity index (χ2v) is 6.51. The molecule has 1 aromatic carbocycles. The van der Waals surface area contributed by atoms with Crippen LogP contribution in [0.15, 0.2) is 30.5 Å². The number of hydrogen-bond donors (Lipinski definition) is 2. The molecular formula is C19H23N5O. The molecule has 1 fully saturated rings. The van der Waals surface area contributed by atoms with E-state index in [9.17, 15) is 10.1 Å². The van der Waals surface area contributed by atoms with Gasteiger partial charge in [-0.1, -0.05) is 25.1 Å². The minimum Gasteiger partial charge on any atom is -0.373 e. The summed E-state index contributed by atoms with van der Waals surface area (Å²) in [6, 6.07) is 10.3. The minimum atomic E-state index is -0.655. The van der Waals surface area contributed by atoms with Gasteiger partial charge in [0.1, 0.15) is 5.54 Å². The van der Waals surface area contributed by atoms with Crippen LogP contribution in [0, 0.1) is 18.3 Å². The van der Waals surface area contributed by atoms with Crippen molar-refractivity contribution in [2.75, 3.05) is 11.9 Å². The lowest BCUT2D eigenvalue weighted by molar-refractivity contribution is -0.121. The van der Waals surface area contributed by atoms with E-state index in [0.29, 0.717) is 0 Å². The van der Waals surface area contributed by atoms with Crippen LogP contribution in [0.4, 0.5) is 5.69 Å². The molecule has 0 aliphatic heterocycles. The van der Waals surface area contributed by atoms with Gasteiger partial charge in [-0.2, -0.15) is 10.4 Å². The van der Waals surface area contributed by atoms with Crippen LogP contribution >= 0.6 is 0 Å². The maximum Gasteiger partial charge on any atom is 0.240 e. The van der Waals surface area contributed by atoms with Crippen LogP contribution in [0.2, 0.25) is 0 Å². The Labute approximate surface area is 147 Å². The molecule has 0 radical (unpaired) electrons. The van der Waals surface area contributed by atoms with Crippen molar-refractivity contribution in [1.82, 2.24) is 15.1 Å². The second-order valence-electron chi connectivity index (χ2n) is 6.51. The fraction of sp³-hybridized carbons (Fsp3) is 0.421. The monoisotopic (exact) mass is 337 g/mol. The first-order valence-corrected chi connectivity index (χ1v) is 8.67. The van der Waals surface area contributed by atoms with Gasteiger partial charge < -0.3 is 10.6 Å². The summed E-state index contributed by atoms with van der Waals surface area (Å²) in [7, 11) is 0. The molecule has 3 rings (SSSR count). The summed E-state index contributed by atoms with van der Waals surface area (Å²) in [5.41, 5.74) is 3.40. The number of carbonyl (C=O) groups is 1.